The topological polar surface area (TPSA) is 72.6 Å². The summed E-state index contributed by atoms with van der Waals surface area (Å²) in [5.74, 6) is 0.614. The minimum atomic E-state index is -3.36. The molecule has 0 saturated heterocycles. The monoisotopic (exact) mass is 244 g/mol. The van der Waals surface area contributed by atoms with Crippen LogP contribution in [0.4, 0.5) is 0 Å². The van der Waals surface area contributed by atoms with Gasteiger partial charge in [0.1, 0.15) is 12.4 Å². The van der Waals surface area contributed by atoms with E-state index in [1.807, 2.05) is 0 Å². The van der Waals surface area contributed by atoms with Gasteiger partial charge in [-0.15, -0.1) is 0 Å². The maximum Gasteiger partial charge on any atom is 0.242 e. The number of ether oxygens (including phenoxy) is 1. The summed E-state index contributed by atoms with van der Waals surface area (Å²) in [6.07, 6.45) is 0. The van der Waals surface area contributed by atoms with E-state index >= 15 is 0 Å². The van der Waals surface area contributed by atoms with Gasteiger partial charge in [-0.25, -0.2) is 12.7 Å². The van der Waals surface area contributed by atoms with E-state index in [9.17, 15) is 8.42 Å². The molecule has 5 nitrogen and oxygen atoms in total. The Hall–Kier alpha value is -1.11. The van der Waals surface area contributed by atoms with E-state index in [1.54, 1.807) is 12.1 Å². The van der Waals surface area contributed by atoms with Crippen LogP contribution in [-0.2, 0) is 10.0 Å². The molecule has 0 amide bonds. The zero-order valence-electron chi connectivity index (χ0n) is 9.38. The molecule has 0 spiro atoms. The van der Waals surface area contributed by atoms with Crippen LogP contribution in [0.25, 0.3) is 0 Å². The summed E-state index contributed by atoms with van der Waals surface area (Å²) >= 11 is 0. The molecule has 1 aromatic carbocycles. The normalized spacial score (nSPS) is 11.8. The fourth-order valence-corrected chi connectivity index (χ4v) is 2.00. The maximum absolute atomic E-state index is 11.7. The van der Waals surface area contributed by atoms with Gasteiger partial charge >= 0.3 is 0 Å². The predicted molar refractivity (Wildman–Crippen MR) is 61.9 cm³/mol. The molecule has 0 aromatic heterocycles. The summed E-state index contributed by atoms with van der Waals surface area (Å²) in [4.78, 5) is 0.248. The first kappa shape index (κ1) is 13.0. The third-order valence-electron chi connectivity index (χ3n) is 1.99. The second kappa shape index (κ2) is 5.29. The molecule has 2 N–H and O–H groups in total. The van der Waals surface area contributed by atoms with Gasteiger partial charge in [0, 0.05) is 20.6 Å². The number of rotatable bonds is 5. The first-order valence-electron chi connectivity index (χ1n) is 4.84. The highest BCUT2D eigenvalue weighted by Crippen LogP contribution is 2.17. The van der Waals surface area contributed by atoms with Gasteiger partial charge < -0.3 is 10.5 Å². The zero-order chi connectivity index (χ0) is 12.2. The molecule has 6 heteroatoms. The molecular weight excluding hydrogens is 228 g/mol. The number of hydrogen-bond acceptors (Lipinski definition) is 4. The van der Waals surface area contributed by atoms with Crippen LogP contribution in [0.3, 0.4) is 0 Å². The van der Waals surface area contributed by atoms with Crippen molar-refractivity contribution in [2.45, 2.75) is 4.90 Å². The average Bonchev–Trinajstić information content (AvgIpc) is 2.26. The fraction of sp³-hybridized carbons (Fsp3) is 0.400. The van der Waals surface area contributed by atoms with Crippen LogP contribution in [0.15, 0.2) is 29.2 Å². The highest BCUT2D eigenvalue weighted by atomic mass is 32.2. The Kier molecular flexibility index (Phi) is 4.28. The molecule has 0 unspecified atom stereocenters. The molecule has 0 aliphatic rings. The number of hydrogen-bond donors (Lipinski definition) is 1. The average molecular weight is 244 g/mol. The summed E-state index contributed by atoms with van der Waals surface area (Å²) in [5, 5.41) is 0. The van der Waals surface area contributed by atoms with Gasteiger partial charge in [-0.1, -0.05) is 0 Å². The van der Waals surface area contributed by atoms with Crippen LogP contribution in [0.5, 0.6) is 5.75 Å². The van der Waals surface area contributed by atoms with E-state index in [0.29, 0.717) is 18.9 Å². The Morgan fingerprint density at radius 2 is 1.81 bits per heavy atom. The first-order valence-corrected chi connectivity index (χ1v) is 6.28. The highest BCUT2D eigenvalue weighted by molar-refractivity contribution is 7.89. The van der Waals surface area contributed by atoms with E-state index in [1.165, 1.54) is 30.5 Å². The van der Waals surface area contributed by atoms with Crippen molar-refractivity contribution >= 4 is 10.0 Å². The number of sulfonamides is 1. The Morgan fingerprint density at radius 3 is 2.25 bits per heavy atom. The summed E-state index contributed by atoms with van der Waals surface area (Å²) in [6, 6.07) is 6.26. The van der Waals surface area contributed by atoms with Crippen molar-refractivity contribution in [2.75, 3.05) is 27.2 Å². The van der Waals surface area contributed by atoms with Crippen molar-refractivity contribution in [2.24, 2.45) is 5.73 Å². The molecule has 0 fully saturated rings. The van der Waals surface area contributed by atoms with Crippen molar-refractivity contribution in [1.29, 1.82) is 0 Å². The number of nitrogens with two attached hydrogens (primary N) is 1. The third kappa shape index (κ3) is 2.94. The molecule has 0 aliphatic heterocycles. The lowest BCUT2D eigenvalue weighted by Crippen LogP contribution is -2.22. The highest BCUT2D eigenvalue weighted by Gasteiger charge is 2.16. The van der Waals surface area contributed by atoms with Crippen LogP contribution in [-0.4, -0.2) is 40.0 Å². The molecule has 0 radical (unpaired) electrons. The quantitative estimate of drug-likeness (QED) is 0.807. The van der Waals surface area contributed by atoms with E-state index in [0.717, 1.165) is 0 Å². The van der Waals surface area contributed by atoms with Gasteiger partial charge in [0.2, 0.25) is 10.0 Å². The van der Waals surface area contributed by atoms with E-state index < -0.39 is 10.0 Å². The van der Waals surface area contributed by atoms with Gasteiger partial charge in [0.05, 0.1) is 4.90 Å². The van der Waals surface area contributed by atoms with E-state index in [4.69, 9.17) is 10.5 Å². The lowest BCUT2D eigenvalue weighted by Gasteiger charge is -2.11. The van der Waals surface area contributed by atoms with Crippen LogP contribution in [0.2, 0.25) is 0 Å². The molecular formula is C10H16N2O3S. The van der Waals surface area contributed by atoms with Gasteiger partial charge in [-0.05, 0) is 24.3 Å². The van der Waals surface area contributed by atoms with Gasteiger partial charge in [0.15, 0.2) is 0 Å². The lowest BCUT2D eigenvalue weighted by atomic mass is 10.3. The fourth-order valence-electron chi connectivity index (χ4n) is 1.10. The molecule has 0 heterocycles. The summed E-state index contributed by atoms with van der Waals surface area (Å²) in [6.45, 7) is 0.845. The minimum absolute atomic E-state index is 0.248. The first-order chi connectivity index (χ1) is 7.48. The van der Waals surface area contributed by atoms with Crippen LogP contribution in [0, 0.1) is 0 Å². The Bertz CT molecular complexity index is 426. The smallest absolute Gasteiger partial charge is 0.242 e. The summed E-state index contributed by atoms with van der Waals surface area (Å²) in [5.41, 5.74) is 5.29. The van der Waals surface area contributed by atoms with Crippen molar-refractivity contribution in [3.05, 3.63) is 24.3 Å². The molecule has 90 valence electrons. The molecule has 16 heavy (non-hydrogen) atoms. The van der Waals surface area contributed by atoms with Gasteiger partial charge in [-0.2, -0.15) is 0 Å². The second-order valence-corrected chi connectivity index (χ2v) is 5.55. The SMILES string of the molecule is CN(C)S(=O)(=O)c1ccc(OCCN)cc1. The second-order valence-electron chi connectivity index (χ2n) is 3.40. The molecule has 1 rings (SSSR count). The van der Waals surface area contributed by atoms with E-state index in [-0.39, 0.29) is 4.90 Å². The maximum atomic E-state index is 11.7. The van der Waals surface area contributed by atoms with Crippen LogP contribution in [0.1, 0.15) is 0 Å². The largest absolute Gasteiger partial charge is 0.492 e. The van der Waals surface area contributed by atoms with Crippen LogP contribution >= 0.6 is 0 Å². The molecule has 0 aliphatic carbocycles. The van der Waals surface area contributed by atoms with E-state index in [2.05, 4.69) is 0 Å². The summed E-state index contributed by atoms with van der Waals surface area (Å²) in [7, 11) is -0.373. The Morgan fingerprint density at radius 1 is 1.25 bits per heavy atom. The van der Waals surface area contributed by atoms with Crippen LogP contribution < -0.4 is 10.5 Å². The standard InChI is InChI=1S/C10H16N2O3S/c1-12(2)16(13,14)10-5-3-9(4-6-10)15-8-7-11/h3-6H,7-8,11H2,1-2H3. The van der Waals surface area contributed by atoms with Crippen molar-refractivity contribution in [3.63, 3.8) is 0 Å². The molecule has 0 atom stereocenters. The number of benzene rings is 1. The van der Waals surface area contributed by atoms with Crippen molar-refractivity contribution in [3.8, 4) is 5.75 Å². The molecule has 0 bridgehead atoms. The lowest BCUT2D eigenvalue weighted by molar-refractivity contribution is 0.328. The molecule has 1 aromatic rings. The van der Waals surface area contributed by atoms with Gasteiger partial charge in [0.25, 0.3) is 0 Å². The zero-order valence-corrected chi connectivity index (χ0v) is 10.2. The van der Waals surface area contributed by atoms with Crippen molar-refractivity contribution < 1.29 is 13.2 Å². The third-order valence-corrected chi connectivity index (χ3v) is 3.82. The number of nitrogens with zero attached hydrogens (tertiary/aromatic N) is 1. The predicted octanol–water partition coefficient (Wildman–Crippen LogP) is 0.274. The van der Waals surface area contributed by atoms with Gasteiger partial charge in [-0.3, -0.25) is 0 Å². The Balaban J connectivity index is 2.87. The molecule has 0 saturated carbocycles. The Labute approximate surface area is 95.9 Å². The summed E-state index contributed by atoms with van der Waals surface area (Å²) < 4.78 is 29.9. The van der Waals surface area contributed by atoms with Crippen molar-refractivity contribution in [1.82, 2.24) is 4.31 Å². The minimum Gasteiger partial charge on any atom is -0.492 e.